The van der Waals surface area contributed by atoms with Gasteiger partial charge in [-0.2, -0.15) is 15.0 Å². The van der Waals surface area contributed by atoms with Gasteiger partial charge < -0.3 is 10.6 Å². The number of halogens is 1. The molecule has 0 saturated carbocycles. The van der Waals surface area contributed by atoms with Crippen LogP contribution >= 0.6 is 11.6 Å². The molecule has 1 aromatic rings. The summed E-state index contributed by atoms with van der Waals surface area (Å²) >= 11 is 5.88. The van der Waals surface area contributed by atoms with Gasteiger partial charge in [-0.1, -0.05) is 0 Å². The summed E-state index contributed by atoms with van der Waals surface area (Å²) in [4.78, 5) is 14.8. The molecule has 1 aliphatic heterocycles. The molecule has 6 nitrogen and oxygen atoms in total. The molecule has 0 aliphatic carbocycles. The number of nitrogens with zero attached hydrogens (tertiary/aromatic N) is 4. The lowest BCUT2D eigenvalue weighted by molar-refractivity contribution is 0.269. The summed E-state index contributed by atoms with van der Waals surface area (Å²) in [7, 11) is 0. The average Bonchev–Trinajstić information content (AvgIpc) is 2.89. The third-order valence-electron chi connectivity index (χ3n) is 3.26. The van der Waals surface area contributed by atoms with Crippen LogP contribution in [0.4, 0.5) is 11.9 Å². The Bertz CT molecular complexity index is 407. The lowest BCUT2D eigenvalue weighted by Gasteiger charge is -2.23. The van der Waals surface area contributed by atoms with Gasteiger partial charge >= 0.3 is 0 Å². The van der Waals surface area contributed by atoms with Crippen LogP contribution in [0.3, 0.4) is 0 Å². The molecule has 1 aromatic heterocycles. The fourth-order valence-corrected chi connectivity index (χ4v) is 2.38. The standard InChI is InChI=1S/C12H21ClN6/c1-3-14-11-16-10(13)17-12(18-11)15-8-9(2)19-6-4-5-7-19/h9H,3-8H2,1-2H3,(H2,14,15,16,17,18). The van der Waals surface area contributed by atoms with E-state index < -0.39 is 0 Å². The first-order valence-corrected chi connectivity index (χ1v) is 7.20. The van der Waals surface area contributed by atoms with E-state index in [4.69, 9.17) is 11.6 Å². The monoisotopic (exact) mass is 284 g/mol. The summed E-state index contributed by atoms with van der Waals surface area (Å²) in [6.07, 6.45) is 2.60. The first kappa shape index (κ1) is 14.3. The number of hydrogen-bond acceptors (Lipinski definition) is 6. The van der Waals surface area contributed by atoms with E-state index in [-0.39, 0.29) is 5.28 Å². The maximum absolute atomic E-state index is 5.88. The summed E-state index contributed by atoms with van der Waals surface area (Å²) in [5.74, 6) is 1.04. The molecule has 1 fully saturated rings. The van der Waals surface area contributed by atoms with Crippen LogP contribution in [0.25, 0.3) is 0 Å². The van der Waals surface area contributed by atoms with Gasteiger partial charge in [0.15, 0.2) is 0 Å². The van der Waals surface area contributed by atoms with Gasteiger partial charge in [0.25, 0.3) is 0 Å². The summed E-state index contributed by atoms with van der Waals surface area (Å²) in [5.41, 5.74) is 0. The second kappa shape index (κ2) is 6.86. The van der Waals surface area contributed by atoms with Crippen molar-refractivity contribution in [3.05, 3.63) is 5.28 Å². The molecule has 0 bridgehead atoms. The lowest BCUT2D eigenvalue weighted by Crippen LogP contribution is -2.35. The van der Waals surface area contributed by atoms with Crippen LogP contribution in [-0.2, 0) is 0 Å². The van der Waals surface area contributed by atoms with Crippen molar-refractivity contribution in [1.29, 1.82) is 0 Å². The Morgan fingerprint density at radius 1 is 1.16 bits per heavy atom. The van der Waals surface area contributed by atoms with Crippen LogP contribution in [0.1, 0.15) is 26.7 Å². The van der Waals surface area contributed by atoms with Gasteiger partial charge in [0, 0.05) is 19.1 Å². The third-order valence-corrected chi connectivity index (χ3v) is 3.43. The Morgan fingerprint density at radius 3 is 2.42 bits per heavy atom. The maximum atomic E-state index is 5.88. The molecule has 2 N–H and O–H groups in total. The third kappa shape index (κ3) is 4.18. The van der Waals surface area contributed by atoms with Gasteiger partial charge in [-0.15, -0.1) is 0 Å². The van der Waals surface area contributed by atoms with Crippen LogP contribution in [0.2, 0.25) is 5.28 Å². The summed E-state index contributed by atoms with van der Waals surface area (Å²) in [6.45, 7) is 8.13. The van der Waals surface area contributed by atoms with Gasteiger partial charge in [0.1, 0.15) is 0 Å². The molecular weight excluding hydrogens is 264 g/mol. The summed E-state index contributed by atoms with van der Waals surface area (Å²) in [5, 5.41) is 6.48. The van der Waals surface area contributed by atoms with Crippen molar-refractivity contribution in [1.82, 2.24) is 19.9 Å². The van der Waals surface area contributed by atoms with Crippen molar-refractivity contribution in [3.8, 4) is 0 Å². The molecule has 0 radical (unpaired) electrons. The number of nitrogens with one attached hydrogen (secondary N) is 2. The minimum absolute atomic E-state index is 0.210. The van der Waals surface area contributed by atoms with Crippen molar-refractivity contribution < 1.29 is 0 Å². The first-order valence-electron chi connectivity index (χ1n) is 6.82. The summed E-state index contributed by atoms with van der Waals surface area (Å²) < 4.78 is 0. The van der Waals surface area contributed by atoms with E-state index in [1.165, 1.54) is 25.9 Å². The van der Waals surface area contributed by atoms with E-state index >= 15 is 0 Å². The van der Waals surface area contributed by atoms with E-state index in [1.807, 2.05) is 6.92 Å². The topological polar surface area (TPSA) is 66.0 Å². The molecule has 0 amide bonds. The molecule has 7 heteroatoms. The van der Waals surface area contributed by atoms with E-state index in [2.05, 4.69) is 37.4 Å². The number of anilines is 2. The Kier molecular flexibility index (Phi) is 5.15. The minimum Gasteiger partial charge on any atom is -0.354 e. The van der Waals surface area contributed by atoms with Crippen molar-refractivity contribution >= 4 is 23.5 Å². The van der Waals surface area contributed by atoms with E-state index in [9.17, 15) is 0 Å². The van der Waals surface area contributed by atoms with E-state index in [0.717, 1.165) is 13.1 Å². The highest BCUT2D eigenvalue weighted by Gasteiger charge is 2.18. The number of likely N-dealkylation sites (tertiary alicyclic amines) is 1. The predicted molar refractivity (Wildman–Crippen MR) is 77.8 cm³/mol. The minimum atomic E-state index is 0.210. The maximum Gasteiger partial charge on any atom is 0.228 e. The predicted octanol–water partition coefficient (Wildman–Crippen LogP) is 1.85. The van der Waals surface area contributed by atoms with Crippen molar-refractivity contribution in [2.45, 2.75) is 32.7 Å². The lowest BCUT2D eigenvalue weighted by atomic mass is 10.3. The smallest absolute Gasteiger partial charge is 0.228 e. The average molecular weight is 285 g/mol. The molecule has 2 rings (SSSR count). The molecule has 106 valence electrons. The van der Waals surface area contributed by atoms with Crippen LogP contribution in [0, 0.1) is 0 Å². The zero-order valence-corrected chi connectivity index (χ0v) is 12.2. The van der Waals surface area contributed by atoms with Crippen molar-refractivity contribution in [2.24, 2.45) is 0 Å². The fraction of sp³-hybridized carbons (Fsp3) is 0.750. The zero-order valence-electron chi connectivity index (χ0n) is 11.5. The highest BCUT2D eigenvalue weighted by molar-refractivity contribution is 6.28. The van der Waals surface area contributed by atoms with Gasteiger partial charge in [-0.3, -0.25) is 4.90 Å². The Hall–Kier alpha value is -1.14. The number of aromatic nitrogens is 3. The molecule has 1 aliphatic rings. The Balaban J connectivity index is 1.90. The molecule has 2 heterocycles. The first-order chi connectivity index (χ1) is 9.19. The molecule has 0 aromatic carbocycles. The Labute approximate surface area is 119 Å². The van der Waals surface area contributed by atoms with Crippen molar-refractivity contribution in [3.63, 3.8) is 0 Å². The number of hydrogen-bond donors (Lipinski definition) is 2. The van der Waals surface area contributed by atoms with E-state index in [0.29, 0.717) is 17.9 Å². The molecule has 19 heavy (non-hydrogen) atoms. The molecular formula is C12H21ClN6. The largest absolute Gasteiger partial charge is 0.354 e. The molecule has 0 spiro atoms. The van der Waals surface area contributed by atoms with Gasteiger partial charge in [0.2, 0.25) is 17.2 Å². The zero-order chi connectivity index (χ0) is 13.7. The normalized spacial score (nSPS) is 17.4. The van der Waals surface area contributed by atoms with Gasteiger partial charge in [0.05, 0.1) is 0 Å². The highest BCUT2D eigenvalue weighted by atomic mass is 35.5. The second-order valence-corrected chi connectivity index (χ2v) is 5.09. The molecule has 1 saturated heterocycles. The quantitative estimate of drug-likeness (QED) is 0.831. The van der Waals surface area contributed by atoms with Crippen LogP contribution in [0.5, 0.6) is 0 Å². The second-order valence-electron chi connectivity index (χ2n) is 4.75. The summed E-state index contributed by atoms with van der Waals surface area (Å²) in [6, 6.07) is 0.473. The molecule has 1 atom stereocenters. The van der Waals surface area contributed by atoms with Gasteiger partial charge in [-0.05, 0) is 51.4 Å². The van der Waals surface area contributed by atoms with E-state index in [1.54, 1.807) is 0 Å². The number of rotatable bonds is 6. The fourth-order valence-electron chi connectivity index (χ4n) is 2.22. The van der Waals surface area contributed by atoms with Crippen LogP contribution in [-0.4, -0.2) is 52.1 Å². The van der Waals surface area contributed by atoms with Crippen LogP contribution in [0.15, 0.2) is 0 Å². The van der Waals surface area contributed by atoms with Crippen molar-refractivity contribution in [2.75, 3.05) is 36.8 Å². The SMILES string of the molecule is CCNc1nc(Cl)nc(NCC(C)N2CCCC2)n1. The highest BCUT2D eigenvalue weighted by Crippen LogP contribution is 2.13. The van der Waals surface area contributed by atoms with Crippen LogP contribution < -0.4 is 10.6 Å². The Morgan fingerprint density at radius 2 is 1.79 bits per heavy atom. The van der Waals surface area contributed by atoms with Gasteiger partial charge in [-0.25, -0.2) is 0 Å². The molecule has 1 unspecified atom stereocenters.